The molecule has 0 aliphatic rings. The Morgan fingerprint density at radius 3 is 2.13 bits per heavy atom. The molecule has 0 aromatic heterocycles. The number of carboxylic acids is 2. The first-order chi connectivity index (χ1) is 6.66. The SMILES string of the molecule is CC(C)(CC(CC(=O)O)C(=O)O)[N+](=O)[O-]. The lowest BCUT2D eigenvalue weighted by molar-refractivity contribution is -0.562. The normalized spacial score (nSPS) is 13.2. The van der Waals surface area contributed by atoms with Gasteiger partial charge in [0.25, 0.3) is 0 Å². The van der Waals surface area contributed by atoms with Gasteiger partial charge in [-0.15, -0.1) is 0 Å². The van der Waals surface area contributed by atoms with Crippen molar-refractivity contribution in [1.29, 1.82) is 0 Å². The summed E-state index contributed by atoms with van der Waals surface area (Å²) in [6, 6.07) is 0. The van der Waals surface area contributed by atoms with Gasteiger partial charge in [0.1, 0.15) is 0 Å². The van der Waals surface area contributed by atoms with Gasteiger partial charge in [-0.25, -0.2) is 0 Å². The lowest BCUT2D eigenvalue weighted by atomic mass is 9.89. The van der Waals surface area contributed by atoms with E-state index in [1.807, 2.05) is 0 Å². The number of hydrogen-bond donors (Lipinski definition) is 2. The molecule has 7 nitrogen and oxygen atoms in total. The molecule has 1 atom stereocenters. The summed E-state index contributed by atoms with van der Waals surface area (Å²) in [5.41, 5.74) is -1.43. The highest BCUT2D eigenvalue weighted by atomic mass is 16.6. The quantitative estimate of drug-likeness (QED) is 0.499. The first-order valence-corrected chi connectivity index (χ1v) is 4.26. The average molecular weight is 219 g/mol. The third kappa shape index (κ3) is 4.39. The predicted molar refractivity (Wildman–Crippen MR) is 49.1 cm³/mol. The highest BCUT2D eigenvalue weighted by Gasteiger charge is 2.37. The number of hydrogen-bond acceptors (Lipinski definition) is 4. The molecule has 0 aliphatic carbocycles. The average Bonchev–Trinajstić information content (AvgIpc) is 2.01. The number of carboxylic acid groups (broad SMARTS) is 2. The Balaban J connectivity index is 4.61. The van der Waals surface area contributed by atoms with Gasteiger partial charge < -0.3 is 10.2 Å². The molecule has 0 saturated carbocycles. The van der Waals surface area contributed by atoms with Crippen LogP contribution in [0.5, 0.6) is 0 Å². The van der Waals surface area contributed by atoms with E-state index in [-0.39, 0.29) is 6.42 Å². The molecule has 7 heteroatoms. The maximum Gasteiger partial charge on any atom is 0.307 e. The summed E-state index contributed by atoms with van der Waals surface area (Å²) in [6.45, 7) is 2.54. The summed E-state index contributed by atoms with van der Waals surface area (Å²) in [5.74, 6) is -3.84. The van der Waals surface area contributed by atoms with E-state index in [2.05, 4.69) is 0 Å². The fraction of sp³-hybridized carbons (Fsp3) is 0.750. The van der Waals surface area contributed by atoms with E-state index < -0.39 is 34.7 Å². The molecule has 0 amide bonds. The van der Waals surface area contributed by atoms with Crippen LogP contribution in [0.2, 0.25) is 0 Å². The summed E-state index contributed by atoms with van der Waals surface area (Å²) in [7, 11) is 0. The van der Waals surface area contributed by atoms with Crippen LogP contribution in [0.1, 0.15) is 26.7 Å². The Morgan fingerprint density at radius 2 is 1.87 bits per heavy atom. The molecule has 0 aromatic rings. The van der Waals surface area contributed by atoms with Crippen molar-refractivity contribution in [1.82, 2.24) is 0 Å². The molecule has 0 heterocycles. The van der Waals surface area contributed by atoms with Crippen LogP contribution in [0, 0.1) is 16.0 Å². The molecule has 0 fully saturated rings. The smallest absolute Gasteiger partial charge is 0.307 e. The molecule has 0 bridgehead atoms. The molecule has 0 rings (SSSR count). The zero-order valence-electron chi connectivity index (χ0n) is 8.47. The number of aliphatic carboxylic acids is 2. The Bertz CT molecular complexity index is 285. The molecule has 1 unspecified atom stereocenters. The van der Waals surface area contributed by atoms with Crippen LogP contribution >= 0.6 is 0 Å². The highest BCUT2D eigenvalue weighted by molar-refractivity contribution is 5.77. The number of nitrogens with zero attached hydrogens (tertiary/aromatic N) is 1. The molecule has 0 aliphatic heterocycles. The summed E-state index contributed by atoms with van der Waals surface area (Å²) in [4.78, 5) is 30.9. The van der Waals surface area contributed by atoms with Gasteiger partial charge in [0.2, 0.25) is 5.54 Å². The topological polar surface area (TPSA) is 118 Å². The second-order valence-corrected chi connectivity index (χ2v) is 3.91. The number of rotatable bonds is 6. The zero-order chi connectivity index (χ0) is 12.2. The van der Waals surface area contributed by atoms with Crippen LogP contribution in [-0.4, -0.2) is 32.6 Å². The third-order valence-electron chi connectivity index (χ3n) is 2.01. The first-order valence-electron chi connectivity index (χ1n) is 4.26. The Morgan fingerprint density at radius 1 is 1.40 bits per heavy atom. The van der Waals surface area contributed by atoms with Crippen LogP contribution in [-0.2, 0) is 9.59 Å². The molecule has 0 saturated heterocycles. The van der Waals surface area contributed by atoms with Gasteiger partial charge in [0.05, 0.1) is 12.3 Å². The van der Waals surface area contributed by atoms with Crippen LogP contribution in [0.15, 0.2) is 0 Å². The van der Waals surface area contributed by atoms with E-state index in [9.17, 15) is 19.7 Å². The van der Waals surface area contributed by atoms with E-state index in [0.29, 0.717) is 0 Å². The lowest BCUT2D eigenvalue weighted by Gasteiger charge is -2.19. The molecule has 2 N–H and O–H groups in total. The maximum absolute atomic E-state index is 10.6. The lowest BCUT2D eigenvalue weighted by Crippen LogP contribution is -2.36. The highest BCUT2D eigenvalue weighted by Crippen LogP contribution is 2.22. The minimum atomic E-state index is -1.43. The van der Waals surface area contributed by atoms with Crippen LogP contribution in [0.3, 0.4) is 0 Å². The van der Waals surface area contributed by atoms with Crippen LogP contribution in [0.4, 0.5) is 0 Å². The van der Waals surface area contributed by atoms with E-state index >= 15 is 0 Å². The fourth-order valence-electron chi connectivity index (χ4n) is 1.14. The van der Waals surface area contributed by atoms with Gasteiger partial charge >= 0.3 is 11.9 Å². The molecule has 0 aromatic carbocycles. The predicted octanol–water partition coefficient (Wildman–Crippen LogP) is 0.607. The van der Waals surface area contributed by atoms with E-state index in [1.54, 1.807) is 0 Å². The summed E-state index contributed by atoms with van der Waals surface area (Å²) in [6.07, 6.45) is -0.908. The minimum Gasteiger partial charge on any atom is -0.481 e. The van der Waals surface area contributed by atoms with Gasteiger partial charge in [0, 0.05) is 25.2 Å². The summed E-state index contributed by atoms with van der Waals surface area (Å²) < 4.78 is 0. The Kier molecular flexibility index (Phi) is 4.20. The molecular weight excluding hydrogens is 206 g/mol. The Hall–Kier alpha value is -1.66. The van der Waals surface area contributed by atoms with Crippen molar-refractivity contribution < 1.29 is 24.7 Å². The fourth-order valence-corrected chi connectivity index (χ4v) is 1.14. The van der Waals surface area contributed by atoms with Gasteiger partial charge in [-0.3, -0.25) is 19.7 Å². The van der Waals surface area contributed by atoms with Gasteiger partial charge in [-0.05, 0) is 0 Å². The first kappa shape index (κ1) is 13.3. The monoisotopic (exact) mass is 219 g/mol. The zero-order valence-corrected chi connectivity index (χ0v) is 8.47. The number of nitro groups is 1. The molecular formula is C8H13NO6. The minimum absolute atomic E-state index is 0.304. The summed E-state index contributed by atoms with van der Waals surface area (Å²) >= 11 is 0. The van der Waals surface area contributed by atoms with Crippen LogP contribution in [0.25, 0.3) is 0 Å². The van der Waals surface area contributed by atoms with Crippen molar-refractivity contribution in [2.45, 2.75) is 32.2 Å². The number of carbonyl (C=O) groups is 2. The largest absolute Gasteiger partial charge is 0.481 e. The van der Waals surface area contributed by atoms with E-state index in [4.69, 9.17) is 10.2 Å². The molecule has 15 heavy (non-hydrogen) atoms. The van der Waals surface area contributed by atoms with Gasteiger partial charge in [0.15, 0.2) is 0 Å². The standard InChI is InChI=1S/C8H13NO6/c1-8(2,9(14)15)4-5(7(12)13)3-6(10)11/h5H,3-4H2,1-2H3,(H,10,11)(H,12,13). The second-order valence-electron chi connectivity index (χ2n) is 3.91. The van der Waals surface area contributed by atoms with E-state index in [1.165, 1.54) is 13.8 Å². The molecule has 0 spiro atoms. The molecule has 0 radical (unpaired) electrons. The maximum atomic E-state index is 10.6. The van der Waals surface area contributed by atoms with Crippen molar-refractivity contribution in [2.75, 3.05) is 0 Å². The van der Waals surface area contributed by atoms with Gasteiger partial charge in [-0.2, -0.15) is 0 Å². The third-order valence-corrected chi connectivity index (χ3v) is 2.01. The van der Waals surface area contributed by atoms with Gasteiger partial charge in [-0.1, -0.05) is 0 Å². The summed E-state index contributed by atoms with van der Waals surface area (Å²) in [5, 5.41) is 27.6. The van der Waals surface area contributed by atoms with Crippen LogP contribution < -0.4 is 0 Å². The Labute approximate surface area is 85.9 Å². The van der Waals surface area contributed by atoms with Crippen molar-refractivity contribution in [3.8, 4) is 0 Å². The van der Waals surface area contributed by atoms with Crippen molar-refractivity contribution in [3.05, 3.63) is 10.1 Å². The van der Waals surface area contributed by atoms with E-state index in [0.717, 1.165) is 0 Å². The van der Waals surface area contributed by atoms with Crippen molar-refractivity contribution in [2.24, 2.45) is 5.92 Å². The van der Waals surface area contributed by atoms with Crippen molar-refractivity contribution >= 4 is 11.9 Å². The second kappa shape index (κ2) is 4.72. The van der Waals surface area contributed by atoms with Crippen molar-refractivity contribution in [3.63, 3.8) is 0 Å². The molecule has 86 valence electrons.